The standard InChI is InChI=1S/C21H34INO5Si/c1-20(2,3)27-19(26)23(7)16(18(24)25)13-14-10-11-17(15(22)12-14)28-29(8,9)21(4,5)6/h10-12,16H,13H2,1-9H3,(H,24,25)/t16-/m1/s1. The molecule has 8 heteroatoms. The molecule has 0 unspecified atom stereocenters. The highest BCUT2D eigenvalue weighted by Crippen LogP contribution is 2.38. The molecular weight excluding hydrogens is 501 g/mol. The summed E-state index contributed by atoms with van der Waals surface area (Å²) >= 11 is 2.21. The molecule has 6 nitrogen and oxygen atoms in total. The molecule has 1 aromatic rings. The van der Waals surface area contributed by atoms with Crippen molar-refractivity contribution in [2.24, 2.45) is 0 Å². The van der Waals surface area contributed by atoms with Crippen molar-refractivity contribution in [1.82, 2.24) is 4.90 Å². The number of halogens is 1. The highest BCUT2D eigenvalue weighted by molar-refractivity contribution is 14.1. The molecule has 0 aromatic heterocycles. The van der Waals surface area contributed by atoms with E-state index in [2.05, 4.69) is 56.5 Å². The summed E-state index contributed by atoms with van der Waals surface area (Å²) in [6, 6.07) is 4.66. The molecule has 0 saturated carbocycles. The molecule has 0 spiro atoms. The van der Waals surface area contributed by atoms with E-state index < -0.39 is 32.0 Å². The minimum Gasteiger partial charge on any atom is -0.543 e. The molecule has 1 atom stereocenters. The second kappa shape index (κ2) is 9.24. The molecule has 1 amide bonds. The lowest BCUT2D eigenvalue weighted by molar-refractivity contribution is -0.142. The number of likely N-dealkylation sites (N-methyl/N-ethyl adjacent to an activating group) is 1. The molecule has 0 saturated heterocycles. The molecule has 0 bridgehead atoms. The molecule has 0 radical (unpaired) electrons. The van der Waals surface area contributed by atoms with Gasteiger partial charge in [0.05, 0.1) is 3.57 Å². The first-order valence-electron chi connectivity index (χ1n) is 9.60. The number of hydrogen-bond acceptors (Lipinski definition) is 4. The van der Waals surface area contributed by atoms with Gasteiger partial charge < -0.3 is 14.3 Å². The van der Waals surface area contributed by atoms with Gasteiger partial charge in [-0.15, -0.1) is 0 Å². The van der Waals surface area contributed by atoms with Gasteiger partial charge in [-0.1, -0.05) is 26.8 Å². The molecule has 1 rings (SSSR count). The number of carbonyl (C=O) groups is 2. The summed E-state index contributed by atoms with van der Waals surface area (Å²) in [5.41, 5.74) is 0.131. The first-order valence-corrected chi connectivity index (χ1v) is 13.6. The molecule has 0 aliphatic rings. The number of aliphatic carboxylic acids is 1. The first kappa shape index (κ1) is 25.7. The third-order valence-corrected chi connectivity index (χ3v) is 10.2. The van der Waals surface area contributed by atoms with Gasteiger partial charge in [-0.25, -0.2) is 9.59 Å². The maximum absolute atomic E-state index is 12.3. The van der Waals surface area contributed by atoms with E-state index >= 15 is 0 Å². The van der Waals surface area contributed by atoms with Crippen molar-refractivity contribution < 1.29 is 23.9 Å². The van der Waals surface area contributed by atoms with E-state index in [0.717, 1.165) is 19.8 Å². The van der Waals surface area contributed by atoms with E-state index in [4.69, 9.17) is 9.16 Å². The average Bonchev–Trinajstić information content (AvgIpc) is 2.51. The molecule has 0 heterocycles. The number of hydrogen-bond donors (Lipinski definition) is 1. The largest absolute Gasteiger partial charge is 0.543 e. The molecule has 164 valence electrons. The number of carboxylic acid groups (broad SMARTS) is 1. The highest BCUT2D eigenvalue weighted by Gasteiger charge is 2.39. The van der Waals surface area contributed by atoms with Crippen molar-refractivity contribution >= 4 is 43.0 Å². The Morgan fingerprint density at radius 1 is 1.17 bits per heavy atom. The fourth-order valence-corrected chi connectivity index (χ4v) is 4.19. The van der Waals surface area contributed by atoms with Crippen LogP contribution in [-0.4, -0.2) is 49.1 Å². The third kappa shape index (κ3) is 7.47. The monoisotopic (exact) mass is 535 g/mol. The molecule has 0 aliphatic heterocycles. The number of ether oxygens (including phenoxy) is 1. The average molecular weight is 535 g/mol. The Morgan fingerprint density at radius 2 is 1.72 bits per heavy atom. The number of benzene rings is 1. The smallest absolute Gasteiger partial charge is 0.410 e. The summed E-state index contributed by atoms with van der Waals surface area (Å²) in [5.74, 6) is -0.261. The zero-order chi connectivity index (χ0) is 22.8. The summed E-state index contributed by atoms with van der Waals surface area (Å²) in [5, 5.41) is 9.73. The molecule has 1 N–H and O–H groups in total. The fraction of sp³-hybridized carbons (Fsp3) is 0.619. The van der Waals surface area contributed by atoms with Crippen LogP contribution in [0.5, 0.6) is 5.75 Å². The van der Waals surface area contributed by atoms with Gasteiger partial charge in [0.2, 0.25) is 0 Å². The molecule has 1 aromatic carbocycles. The van der Waals surface area contributed by atoms with Crippen LogP contribution in [0.3, 0.4) is 0 Å². The van der Waals surface area contributed by atoms with Crippen LogP contribution in [-0.2, 0) is 16.0 Å². The van der Waals surface area contributed by atoms with Crippen LogP contribution >= 0.6 is 22.6 Å². The summed E-state index contributed by atoms with van der Waals surface area (Å²) in [7, 11) is -0.517. The van der Waals surface area contributed by atoms with Gasteiger partial charge in [0, 0.05) is 13.5 Å². The minimum absolute atomic E-state index is 0.0826. The summed E-state index contributed by atoms with van der Waals surface area (Å²) < 4.78 is 12.6. The lowest BCUT2D eigenvalue weighted by atomic mass is 10.1. The van der Waals surface area contributed by atoms with Gasteiger partial charge in [0.15, 0.2) is 0 Å². The Kier molecular flexibility index (Phi) is 8.20. The van der Waals surface area contributed by atoms with Crippen molar-refractivity contribution in [3.8, 4) is 5.75 Å². The van der Waals surface area contributed by atoms with E-state index in [1.54, 1.807) is 20.8 Å². The van der Waals surface area contributed by atoms with Gasteiger partial charge in [-0.2, -0.15) is 0 Å². The second-order valence-corrected chi connectivity index (χ2v) is 15.7. The van der Waals surface area contributed by atoms with Crippen LogP contribution in [0.25, 0.3) is 0 Å². The lowest BCUT2D eigenvalue weighted by Gasteiger charge is -2.36. The van der Waals surface area contributed by atoms with E-state index in [9.17, 15) is 14.7 Å². The maximum atomic E-state index is 12.3. The fourth-order valence-electron chi connectivity index (χ4n) is 2.26. The van der Waals surface area contributed by atoms with Crippen LogP contribution in [0.1, 0.15) is 47.1 Å². The topological polar surface area (TPSA) is 76.1 Å². The number of nitrogens with zero attached hydrogens (tertiary/aromatic N) is 1. The maximum Gasteiger partial charge on any atom is 0.410 e. The van der Waals surface area contributed by atoms with Crippen molar-refractivity contribution in [2.75, 3.05) is 7.05 Å². The molecular formula is C21H34INO5Si. The van der Waals surface area contributed by atoms with Crippen LogP contribution in [0.15, 0.2) is 18.2 Å². The number of amides is 1. The van der Waals surface area contributed by atoms with E-state index in [-0.39, 0.29) is 11.5 Å². The van der Waals surface area contributed by atoms with Crippen molar-refractivity contribution in [2.45, 2.75) is 77.7 Å². The van der Waals surface area contributed by atoms with Crippen LogP contribution < -0.4 is 4.43 Å². The zero-order valence-corrected chi connectivity index (χ0v) is 22.1. The van der Waals surface area contributed by atoms with Crippen LogP contribution in [0.4, 0.5) is 4.79 Å². The lowest BCUT2D eigenvalue weighted by Crippen LogP contribution is -2.46. The SMILES string of the molecule is CN(C(=O)OC(C)(C)C)[C@H](Cc1ccc(O[Si](C)(C)C(C)(C)C)c(I)c1)C(=O)O. The number of rotatable bonds is 6. The van der Waals surface area contributed by atoms with Gasteiger partial charge in [-0.3, -0.25) is 4.90 Å². The Hall–Kier alpha value is -1.29. The number of carboxylic acids is 1. The van der Waals surface area contributed by atoms with E-state index in [0.29, 0.717) is 0 Å². The third-order valence-electron chi connectivity index (χ3n) is 5.03. The van der Waals surface area contributed by atoms with Gasteiger partial charge in [0.25, 0.3) is 8.32 Å². The quantitative estimate of drug-likeness (QED) is 0.383. The van der Waals surface area contributed by atoms with Crippen molar-refractivity contribution in [3.05, 3.63) is 27.3 Å². The number of carbonyl (C=O) groups excluding carboxylic acids is 1. The van der Waals surface area contributed by atoms with Crippen molar-refractivity contribution in [1.29, 1.82) is 0 Å². The summed E-state index contributed by atoms with van der Waals surface area (Å²) in [4.78, 5) is 25.2. The van der Waals surface area contributed by atoms with E-state index in [1.165, 1.54) is 7.05 Å². The van der Waals surface area contributed by atoms with Gasteiger partial charge >= 0.3 is 12.1 Å². The normalized spacial score (nSPS) is 13.6. The molecule has 0 fully saturated rings. The Balaban J connectivity index is 3.02. The van der Waals surface area contributed by atoms with Gasteiger partial charge in [-0.05, 0) is 79.2 Å². The molecule has 29 heavy (non-hydrogen) atoms. The summed E-state index contributed by atoms with van der Waals surface area (Å²) in [6.45, 7) is 16.2. The van der Waals surface area contributed by atoms with Crippen LogP contribution in [0, 0.1) is 3.57 Å². The minimum atomic E-state index is -1.97. The summed E-state index contributed by atoms with van der Waals surface area (Å²) in [6.07, 6.45) is -0.473. The zero-order valence-electron chi connectivity index (χ0n) is 18.9. The Morgan fingerprint density at radius 3 is 2.14 bits per heavy atom. The van der Waals surface area contributed by atoms with Gasteiger partial charge in [0.1, 0.15) is 17.4 Å². The van der Waals surface area contributed by atoms with Crippen LogP contribution in [0.2, 0.25) is 18.1 Å². The highest BCUT2D eigenvalue weighted by atomic mass is 127. The Labute approximate surface area is 189 Å². The van der Waals surface area contributed by atoms with E-state index in [1.807, 2.05) is 18.2 Å². The second-order valence-electron chi connectivity index (χ2n) is 9.78. The predicted octanol–water partition coefficient (Wildman–Crippen LogP) is 5.54. The molecule has 0 aliphatic carbocycles. The first-order chi connectivity index (χ1) is 12.9. The predicted molar refractivity (Wildman–Crippen MR) is 126 cm³/mol. The van der Waals surface area contributed by atoms with Crippen molar-refractivity contribution in [3.63, 3.8) is 0 Å². The Bertz CT molecular complexity index is 752.